The van der Waals surface area contributed by atoms with Crippen LogP contribution in [-0.2, 0) is 16.2 Å². The third-order valence-corrected chi connectivity index (χ3v) is 7.26. The molecule has 3 heterocycles. The zero-order valence-electron chi connectivity index (χ0n) is 15.3. The van der Waals surface area contributed by atoms with E-state index in [2.05, 4.69) is 10.2 Å². The molecule has 12 heteroatoms. The van der Waals surface area contributed by atoms with Crippen molar-refractivity contribution >= 4 is 38.9 Å². The maximum atomic E-state index is 13.1. The van der Waals surface area contributed by atoms with E-state index in [0.717, 1.165) is 12.3 Å². The van der Waals surface area contributed by atoms with Gasteiger partial charge < -0.3 is 0 Å². The number of piperidine rings is 1. The summed E-state index contributed by atoms with van der Waals surface area (Å²) in [5, 5.41) is 8.35. The summed E-state index contributed by atoms with van der Waals surface area (Å²) >= 11 is 11.9. The molecule has 1 aromatic carbocycles. The predicted molar refractivity (Wildman–Crippen MR) is 105 cm³/mol. The molecule has 0 spiro atoms. The van der Waals surface area contributed by atoms with Gasteiger partial charge in [-0.3, -0.25) is 4.40 Å². The van der Waals surface area contributed by atoms with Crippen molar-refractivity contribution in [3.63, 3.8) is 0 Å². The molecule has 1 fully saturated rings. The molecule has 0 amide bonds. The van der Waals surface area contributed by atoms with Gasteiger partial charge in [0.05, 0.1) is 10.5 Å². The third kappa shape index (κ3) is 4.01. The second-order valence-electron chi connectivity index (χ2n) is 7.01. The minimum Gasteiger partial charge on any atom is -0.286 e. The molecule has 0 radical (unpaired) electrons. The van der Waals surface area contributed by atoms with Gasteiger partial charge in [-0.25, -0.2) is 8.42 Å². The molecule has 0 aliphatic carbocycles. The highest BCUT2D eigenvalue weighted by molar-refractivity contribution is 7.89. The van der Waals surface area contributed by atoms with E-state index in [1.165, 1.54) is 33.0 Å². The summed E-state index contributed by atoms with van der Waals surface area (Å²) in [7, 11) is -3.89. The maximum Gasteiger partial charge on any atom is 0.417 e. The molecule has 6 nitrogen and oxygen atoms in total. The lowest BCUT2D eigenvalue weighted by molar-refractivity contribution is -0.137. The number of alkyl halides is 3. The average molecular weight is 479 g/mol. The van der Waals surface area contributed by atoms with Gasteiger partial charge >= 0.3 is 6.18 Å². The fraction of sp³-hybridized carbons (Fsp3) is 0.333. The molecule has 160 valence electrons. The molecule has 2 aromatic heterocycles. The summed E-state index contributed by atoms with van der Waals surface area (Å²) in [6.07, 6.45) is -2.48. The van der Waals surface area contributed by atoms with Gasteiger partial charge in [0.15, 0.2) is 5.65 Å². The average Bonchev–Trinajstić information content (AvgIpc) is 3.10. The van der Waals surface area contributed by atoms with Crippen molar-refractivity contribution in [1.82, 2.24) is 18.9 Å². The van der Waals surface area contributed by atoms with Crippen molar-refractivity contribution in [2.45, 2.75) is 29.8 Å². The zero-order chi connectivity index (χ0) is 21.7. The zero-order valence-corrected chi connectivity index (χ0v) is 17.6. The largest absolute Gasteiger partial charge is 0.417 e. The summed E-state index contributed by atoms with van der Waals surface area (Å²) < 4.78 is 68.0. The van der Waals surface area contributed by atoms with Gasteiger partial charge in [-0.2, -0.15) is 17.5 Å². The fourth-order valence-electron chi connectivity index (χ4n) is 3.55. The van der Waals surface area contributed by atoms with Crippen molar-refractivity contribution in [2.75, 3.05) is 13.1 Å². The van der Waals surface area contributed by atoms with Crippen LogP contribution in [0.2, 0.25) is 10.0 Å². The summed E-state index contributed by atoms with van der Waals surface area (Å²) in [6.45, 7) is 0.330. The first-order valence-corrected chi connectivity index (χ1v) is 11.1. The summed E-state index contributed by atoms with van der Waals surface area (Å²) in [5.41, 5.74) is -0.565. The Morgan fingerprint density at radius 1 is 1.07 bits per heavy atom. The molecular formula is C18H15Cl2F3N4O2S. The lowest BCUT2D eigenvalue weighted by Crippen LogP contribution is -2.39. The molecule has 30 heavy (non-hydrogen) atoms. The normalized spacial score (nSPS) is 18.8. The maximum absolute atomic E-state index is 13.1. The van der Waals surface area contributed by atoms with Crippen LogP contribution in [0, 0.1) is 0 Å². The lowest BCUT2D eigenvalue weighted by Gasteiger charge is -2.31. The van der Waals surface area contributed by atoms with E-state index in [4.69, 9.17) is 23.2 Å². The number of rotatable bonds is 3. The number of hydrogen-bond acceptors (Lipinski definition) is 4. The monoisotopic (exact) mass is 478 g/mol. The van der Waals surface area contributed by atoms with Gasteiger partial charge in [0.2, 0.25) is 10.0 Å². The van der Waals surface area contributed by atoms with Gasteiger partial charge in [-0.15, -0.1) is 10.2 Å². The Morgan fingerprint density at radius 3 is 2.43 bits per heavy atom. The minimum atomic E-state index is -4.51. The molecule has 1 atom stereocenters. The molecular weight excluding hydrogens is 464 g/mol. The van der Waals surface area contributed by atoms with Crippen molar-refractivity contribution in [1.29, 1.82) is 0 Å². The van der Waals surface area contributed by atoms with Crippen LogP contribution >= 0.6 is 23.2 Å². The first-order valence-electron chi connectivity index (χ1n) is 8.94. The number of nitrogens with zero attached hydrogens (tertiary/aromatic N) is 4. The van der Waals surface area contributed by atoms with Crippen LogP contribution in [0.4, 0.5) is 13.2 Å². The van der Waals surface area contributed by atoms with E-state index in [1.54, 1.807) is 0 Å². The predicted octanol–water partition coefficient (Wildman–Crippen LogP) is 4.62. The van der Waals surface area contributed by atoms with E-state index in [0.29, 0.717) is 18.7 Å². The Balaban J connectivity index is 1.67. The van der Waals surface area contributed by atoms with Crippen molar-refractivity contribution in [3.05, 3.63) is 58.0 Å². The second-order valence-corrected chi connectivity index (χ2v) is 9.82. The highest BCUT2D eigenvalue weighted by Crippen LogP contribution is 2.33. The molecule has 0 N–H and O–H groups in total. The minimum absolute atomic E-state index is 0.0360. The van der Waals surface area contributed by atoms with Crippen molar-refractivity contribution in [2.24, 2.45) is 0 Å². The molecule has 0 saturated carbocycles. The Morgan fingerprint density at radius 2 is 1.77 bits per heavy atom. The van der Waals surface area contributed by atoms with E-state index >= 15 is 0 Å². The number of pyridine rings is 1. The molecule has 1 saturated heterocycles. The molecule has 1 aliphatic rings. The standard InChI is InChI=1S/C18H15Cl2F3N4O2S/c19-13-6-14(20)8-15(7-13)30(28,29)26-5-1-2-11(9-26)17-25-24-16-4-3-12(10-27(16)17)18(21,22)23/h3-4,6-8,10-11H,1-2,5,9H2. The Labute approximate surface area is 180 Å². The number of aromatic nitrogens is 3. The van der Waals surface area contributed by atoms with E-state index in [9.17, 15) is 21.6 Å². The van der Waals surface area contributed by atoms with Crippen LogP contribution < -0.4 is 0 Å². The van der Waals surface area contributed by atoms with E-state index < -0.39 is 27.7 Å². The number of hydrogen-bond donors (Lipinski definition) is 0. The summed E-state index contributed by atoms with van der Waals surface area (Å²) in [4.78, 5) is -0.0360. The van der Waals surface area contributed by atoms with Crippen LogP contribution in [0.25, 0.3) is 5.65 Å². The highest BCUT2D eigenvalue weighted by Gasteiger charge is 2.35. The number of halogens is 5. The Kier molecular flexibility index (Phi) is 5.46. The SMILES string of the molecule is O=S(=O)(c1cc(Cl)cc(Cl)c1)N1CCCC(c2nnc3ccc(C(F)(F)F)cn23)C1. The Bertz CT molecular complexity index is 1190. The van der Waals surface area contributed by atoms with E-state index in [1.807, 2.05) is 0 Å². The molecule has 1 aliphatic heterocycles. The summed E-state index contributed by atoms with van der Waals surface area (Å²) in [6, 6.07) is 6.24. The lowest BCUT2D eigenvalue weighted by atomic mass is 9.99. The third-order valence-electron chi connectivity index (χ3n) is 4.98. The first-order chi connectivity index (χ1) is 14.1. The van der Waals surface area contributed by atoms with Gasteiger partial charge in [0, 0.05) is 35.2 Å². The van der Waals surface area contributed by atoms with Gasteiger partial charge in [-0.1, -0.05) is 23.2 Å². The highest BCUT2D eigenvalue weighted by atomic mass is 35.5. The van der Waals surface area contributed by atoms with Crippen molar-refractivity contribution in [3.8, 4) is 0 Å². The molecule has 0 bridgehead atoms. The van der Waals surface area contributed by atoms with Crippen LogP contribution in [-0.4, -0.2) is 40.4 Å². The number of sulfonamides is 1. The first kappa shape index (κ1) is 21.4. The fourth-order valence-corrected chi connectivity index (χ4v) is 5.80. The van der Waals surface area contributed by atoms with Gasteiger partial charge in [-0.05, 0) is 43.2 Å². The van der Waals surface area contributed by atoms with Crippen LogP contribution in [0.3, 0.4) is 0 Å². The van der Waals surface area contributed by atoms with Gasteiger partial charge in [0.1, 0.15) is 5.82 Å². The van der Waals surface area contributed by atoms with Crippen LogP contribution in [0.1, 0.15) is 30.1 Å². The quantitative estimate of drug-likeness (QED) is 0.550. The van der Waals surface area contributed by atoms with Gasteiger partial charge in [0.25, 0.3) is 0 Å². The summed E-state index contributed by atoms with van der Waals surface area (Å²) in [5.74, 6) is -0.123. The number of benzene rings is 1. The smallest absolute Gasteiger partial charge is 0.286 e. The molecule has 1 unspecified atom stereocenters. The van der Waals surface area contributed by atoms with Crippen molar-refractivity contribution < 1.29 is 21.6 Å². The van der Waals surface area contributed by atoms with Crippen LogP contribution in [0.5, 0.6) is 0 Å². The number of fused-ring (bicyclic) bond motifs is 1. The molecule has 4 rings (SSSR count). The molecule has 3 aromatic rings. The second kappa shape index (κ2) is 7.67. The van der Waals surface area contributed by atoms with E-state index in [-0.39, 0.29) is 33.7 Å². The topological polar surface area (TPSA) is 67.6 Å². The Hall–Kier alpha value is -1.88. The van der Waals surface area contributed by atoms with Crippen LogP contribution in [0.15, 0.2) is 41.4 Å².